The van der Waals surface area contributed by atoms with E-state index in [1.165, 1.54) is 17.0 Å². The van der Waals surface area contributed by atoms with Gasteiger partial charge in [-0.15, -0.1) is 0 Å². The molecule has 96 valence electrons. The Morgan fingerprint density at radius 2 is 2.28 bits per heavy atom. The average molecular weight is 271 g/mol. The molecule has 1 unspecified atom stereocenters. The van der Waals surface area contributed by atoms with Gasteiger partial charge in [0.05, 0.1) is 10.9 Å². The molecule has 1 N–H and O–H groups in total. The number of amides is 2. The van der Waals surface area contributed by atoms with Gasteiger partial charge in [-0.2, -0.15) is 0 Å². The second kappa shape index (κ2) is 4.94. The third-order valence-electron chi connectivity index (χ3n) is 2.90. The molecule has 0 aliphatic carbocycles. The molecule has 1 fully saturated rings. The normalized spacial score (nSPS) is 19.2. The van der Waals surface area contributed by atoms with Crippen molar-refractivity contribution in [1.29, 1.82) is 0 Å². The summed E-state index contributed by atoms with van der Waals surface area (Å²) < 4.78 is 13.2. The van der Waals surface area contributed by atoms with Crippen LogP contribution in [0.2, 0.25) is 5.02 Å². The Labute approximate surface area is 109 Å². The molecular weight excluding hydrogens is 259 g/mol. The molecule has 0 spiro atoms. The van der Waals surface area contributed by atoms with Crippen LogP contribution in [0.25, 0.3) is 0 Å². The number of halogens is 2. The van der Waals surface area contributed by atoms with E-state index >= 15 is 0 Å². The molecule has 1 aromatic carbocycles. The standard InChI is InChI=1S/C12H12ClFN2O2/c1-16-6-7(4-11(16)17)12(18)15-8-2-3-9(13)10(14)5-8/h2-3,5,7H,4,6H2,1H3,(H,15,18). The van der Waals surface area contributed by atoms with E-state index in [2.05, 4.69) is 5.32 Å². The topological polar surface area (TPSA) is 49.4 Å². The van der Waals surface area contributed by atoms with Crippen molar-refractivity contribution in [2.45, 2.75) is 6.42 Å². The lowest BCUT2D eigenvalue weighted by molar-refractivity contribution is -0.127. The first-order chi connectivity index (χ1) is 8.47. The van der Waals surface area contributed by atoms with E-state index in [4.69, 9.17) is 11.6 Å². The van der Waals surface area contributed by atoms with Crippen molar-refractivity contribution < 1.29 is 14.0 Å². The van der Waals surface area contributed by atoms with Gasteiger partial charge in [0.1, 0.15) is 5.82 Å². The maximum atomic E-state index is 13.2. The SMILES string of the molecule is CN1CC(C(=O)Nc2ccc(Cl)c(F)c2)CC1=O. The number of rotatable bonds is 2. The zero-order valence-electron chi connectivity index (χ0n) is 9.74. The summed E-state index contributed by atoms with van der Waals surface area (Å²) in [5.41, 5.74) is 0.337. The summed E-state index contributed by atoms with van der Waals surface area (Å²) in [6, 6.07) is 4.04. The van der Waals surface area contributed by atoms with E-state index in [9.17, 15) is 14.0 Å². The van der Waals surface area contributed by atoms with Gasteiger partial charge < -0.3 is 10.2 Å². The van der Waals surface area contributed by atoms with Gasteiger partial charge in [-0.3, -0.25) is 9.59 Å². The molecule has 1 heterocycles. The molecular formula is C12H12ClFN2O2. The van der Waals surface area contributed by atoms with Crippen molar-refractivity contribution in [3.8, 4) is 0 Å². The molecule has 1 aromatic rings. The van der Waals surface area contributed by atoms with E-state index in [1.807, 2.05) is 0 Å². The first kappa shape index (κ1) is 12.8. The molecule has 1 atom stereocenters. The van der Waals surface area contributed by atoms with Gasteiger partial charge in [0.25, 0.3) is 0 Å². The molecule has 1 aliphatic heterocycles. The molecule has 0 aromatic heterocycles. The van der Waals surface area contributed by atoms with Crippen LogP contribution in [-0.2, 0) is 9.59 Å². The number of carbonyl (C=O) groups is 2. The van der Waals surface area contributed by atoms with E-state index in [1.54, 1.807) is 7.05 Å². The van der Waals surface area contributed by atoms with Crippen LogP contribution < -0.4 is 5.32 Å². The molecule has 2 amide bonds. The fourth-order valence-corrected chi connectivity index (χ4v) is 1.97. The number of hydrogen-bond donors (Lipinski definition) is 1. The van der Waals surface area contributed by atoms with Crippen LogP contribution in [0.5, 0.6) is 0 Å². The number of benzene rings is 1. The van der Waals surface area contributed by atoms with E-state index in [0.29, 0.717) is 12.2 Å². The monoisotopic (exact) mass is 270 g/mol. The van der Waals surface area contributed by atoms with Crippen LogP contribution in [0, 0.1) is 11.7 Å². The molecule has 0 bridgehead atoms. The summed E-state index contributed by atoms with van der Waals surface area (Å²) in [7, 11) is 1.65. The molecule has 1 saturated heterocycles. The van der Waals surface area contributed by atoms with Gasteiger partial charge in [-0.1, -0.05) is 11.6 Å². The van der Waals surface area contributed by atoms with Gasteiger partial charge in [-0.05, 0) is 18.2 Å². The average Bonchev–Trinajstić information content (AvgIpc) is 2.65. The maximum absolute atomic E-state index is 13.2. The van der Waals surface area contributed by atoms with Crippen molar-refractivity contribution in [3.05, 3.63) is 29.0 Å². The molecule has 2 rings (SSSR count). The highest BCUT2D eigenvalue weighted by Crippen LogP contribution is 2.21. The highest BCUT2D eigenvalue weighted by atomic mass is 35.5. The van der Waals surface area contributed by atoms with Crippen LogP contribution in [0.4, 0.5) is 10.1 Å². The molecule has 4 nitrogen and oxygen atoms in total. The third kappa shape index (κ3) is 2.61. The zero-order valence-corrected chi connectivity index (χ0v) is 10.5. The Morgan fingerprint density at radius 1 is 1.56 bits per heavy atom. The van der Waals surface area contributed by atoms with Crippen molar-refractivity contribution in [3.63, 3.8) is 0 Å². The molecule has 6 heteroatoms. The van der Waals surface area contributed by atoms with Crippen LogP contribution in [-0.4, -0.2) is 30.3 Å². The Hall–Kier alpha value is -1.62. The summed E-state index contributed by atoms with van der Waals surface area (Å²) >= 11 is 5.54. The number of likely N-dealkylation sites (tertiary alicyclic amines) is 1. The van der Waals surface area contributed by atoms with Crippen molar-refractivity contribution in [1.82, 2.24) is 4.90 Å². The Bertz CT molecular complexity index is 507. The number of nitrogens with one attached hydrogen (secondary N) is 1. The van der Waals surface area contributed by atoms with Gasteiger partial charge in [-0.25, -0.2) is 4.39 Å². The number of hydrogen-bond acceptors (Lipinski definition) is 2. The summed E-state index contributed by atoms with van der Waals surface area (Å²) in [5.74, 6) is -1.32. The smallest absolute Gasteiger partial charge is 0.229 e. The lowest BCUT2D eigenvalue weighted by Crippen LogP contribution is -2.25. The first-order valence-electron chi connectivity index (χ1n) is 5.47. The lowest BCUT2D eigenvalue weighted by Gasteiger charge is -2.11. The Kier molecular flexibility index (Phi) is 3.52. The van der Waals surface area contributed by atoms with Crippen LogP contribution in [0.3, 0.4) is 0 Å². The van der Waals surface area contributed by atoms with Gasteiger partial charge in [0.2, 0.25) is 11.8 Å². The third-order valence-corrected chi connectivity index (χ3v) is 3.21. The minimum Gasteiger partial charge on any atom is -0.345 e. The lowest BCUT2D eigenvalue weighted by atomic mass is 10.1. The minimum absolute atomic E-state index is 0.00350. The summed E-state index contributed by atoms with van der Waals surface area (Å²) in [6.07, 6.45) is 0.193. The highest BCUT2D eigenvalue weighted by molar-refractivity contribution is 6.30. The van der Waals surface area contributed by atoms with Crippen LogP contribution >= 0.6 is 11.6 Å². The van der Waals surface area contributed by atoms with Crippen molar-refractivity contribution >= 4 is 29.1 Å². The zero-order chi connectivity index (χ0) is 13.3. The predicted octanol–water partition coefficient (Wildman–Crippen LogP) is 1.90. The fourth-order valence-electron chi connectivity index (χ4n) is 1.86. The van der Waals surface area contributed by atoms with E-state index in [0.717, 1.165) is 6.07 Å². The first-order valence-corrected chi connectivity index (χ1v) is 5.85. The quantitative estimate of drug-likeness (QED) is 0.892. The summed E-state index contributed by atoms with van der Waals surface area (Å²) in [5, 5.41) is 2.58. The summed E-state index contributed by atoms with van der Waals surface area (Å²) in [4.78, 5) is 24.7. The van der Waals surface area contributed by atoms with Crippen LogP contribution in [0.1, 0.15) is 6.42 Å². The number of carbonyl (C=O) groups excluding carboxylic acids is 2. The molecule has 0 radical (unpaired) electrons. The van der Waals surface area contributed by atoms with E-state index in [-0.39, 0.29) is 29.2 Å². The molecule has 18 heavy (non-hydrogen) atoms. The second-order valence-corrected chi connectivity index (χ2v) is 4.70. The molecule has 1 aliphatic rings. The largest absolute Gasteiger partial charge is 0.345 e. The predicted molar refractivity (Wildman–Crippen MR) is 65.8 cm³/mol. The summed E-state index contributed by atoms with van der Waals surface area (Å²) in [6.45, 7) is 0.390. The minimum atomic E-state index is -0.589. The molecule has 0 saturated carbocycles. The maximum Gasteiger partial charge on any atom is 0.229 e. The van der Waals surface area contributed by atoms with Crippen LogP contribution in [0.15, 0.2) is 18.2 Å². The highest BCUT2D eigenvalue weighted by Gasteiger charge is 2.32. The second-order valence-electron chi connectivity index (χ2n) is 4.29. The van der Waals surface area contributed by atoms with Crippen molar-refractivity contribution in [2.24, 2.45) is 5.92 Å². The number of nitrogens with zero attached hydrogens (tertiary/aromatic N) is 1. The van der Waals surface area contributed by atoms with Gasteiger partial charge in [0.15, 0.2) is 0 Å². The van der Waals surface area contributed by atoms with Crippen molar-refractivity contribution in [2.75, 3.05) is 18.9 Å². The number of anilines is 1. The Balaban J connectivity index is 2.03. The Morgan fingerprint density at radius 3 is 2.83 bits per heavy atom. The van der Waals surface area contributed by atoms with Gasteiger partial charge in [0, 0.05) is 25.7 Å². The fraction of sp³-hybridized carbons (Fsp3) is 0.333. The van der Waals surface area contributed by atoms with E-state index < -0.39 is 5.82 Å². The van der Waals surface area contributed by atoms with Gasteiger partial charge >= 0.3 is 0 Å².